The van der Waals surface area contributed by atoms with Gasteiger partial charge in [-0.25, -0.2) is 0 Å². The number of rotatable bonds is 6. The highest BCUT2D eigenvalue weighted by Gasteiger charge is 2.10. The Labute approximate surface area is 119 Å². The van der Waals surface area contributed by atoms with Gasteiger partial charge in [-0.3, -0.25) is 4.79 Å². The van der Waals surface area contributed by atoms with Crippen LogP contribution in [0.15, 0.2) is 18.2 Å². The number of aliphatic hydroxyl groups is 1. The molecule has 1 rings (SSSR count). The van der Waals surface area contributed by atoms with Gasteiger partial charge >= 0.3 is 0 Å². The van der Waals surface area contributed by atoms with Crippen LogP contribution in [0, 0.1) is 6.92 Å². The summed E-state index contributed by atoms with van der Waals surface area (Å²) in [6.07, 6.45) is -0.0699. The second-order valence-corrected chi connectivity index (χ2v) is 5.28. The highest BCUT2D eigenvalue weighted by Crippen LogP contribution is 2.20. The molecule has 1 aromatic rings. The topological polar surface area (TPSA) is 61.4 Å². The van der Waals surface area contributed by atoms with Crippen molar-refractivity contribution in [2.24, 2.45) is 0 Å². The van der Waals surface area contributed by atoms with Gasteiger partial charge in [-0.05, 0) is 38.5 Å². The minimum absolute atomic E-state index is 0.00974. The zero-order chi connectivity index (χ0) is 14.4. The molecule has 0 fully saturated rings. The SMILES string of the molecule is Cc1ccc(NC(=O)CC(C)NCC(C)O)cc1Cl. The van der Waals surface area contributed by atoms with Crippen LogP contribution in [-0.4, -0.2) is 29.7 Å². The Hall–Kier alpha value is -1.10. The lowest BCUT2D eigenvalue weighted by molar-refractivity contribution is -0.116. The van der Waals surface area contributed by atoms with Crippen LogP contribution < -0.4 is 10.6 Å². The van der Waals surface area contributed by atoms with E-state index in [0.29, 0.717) is 23.7 Å². The second-order valence-electron chi connectivity index (χ2n) is 4.87. The summed E-state index contributed by atoms with van der Waals surface area (Å²) >= 11 is 6.00. The molecule has 0 spiro atoms. The monoisotopic (exact) mass is 284 g/mol. The zero-order valence-electron chi connectivity index (χ0n) is 11.5. The Morgan fingerprint density at radius 3 is 2.68 bits per heavy atom. The van der Waals surface area contributed by atoms with Crippen molar-refractivity contribution < 1.29 is 9.90 Å². The van der Waals surface area contributed by atoms with Gasteiger partial charge in [0.2, 0.25) is 5.91 Å². The molecule has 4 nitrogen and oxygen atoms in total. The average Bonchev–Trinajstić information content (AvgIpc) is 2.31. The number of nitrogens with one attached hydrogen (secondary N) is 2. The number of amides is 1. The molecule has 0 heterocycles. The first-order valence-electron chi connectivity index (χ1n) is 6.36. The van der Waals surface area contributed by atoms with E-state index in [1.54, 1.807) is 13.0 Å². The standard InChI is InChI=1S/C14H21ClN2O2/c1-9-4-5-12(7-13(9)15)17-14(19)6-10(2)16-8-11(3)18/h4-5,7,10-11,16,18H,6,8H2,1-3H3,(H,17,19). The molecule has 0 aliphatic heterocycles. The molecule has 0 bridgehead atoms. The molecule has 2 atom stereocenters. The zero-order valence-corrected chi connectivity index (χ0v) is 12.3. The average molecular weight is 285 g/mol. The fraction of sp³-hybridized carbons (Fsp3) is 0.500. The molecular weight excluding hydrogens is 264 g/mol. The quantitative estimate of drug-likeness (QED) is 0.751. The molecule has 0 aromatic heterocycles. The van der Waals surface area contributed by atoms with Crippen molar-refractivity contribution in [1.29, 1.82) is 0 Å². The Kier molecular flexibility index (Phi) is 6.28. The molecule has 1 amide bonds. The summed E-state index contributed by atoms with van der Waals surface area (Å²) in [5.41, 5.74) is 1.68. The van der Waals surface area contributed by atoms with E-state index < -0.39 is 6.10 Å². The minimum Gasteiger partial charge on any atom is -0.392 e. The summed E-state index contributed by atoms with van der Waals surface area (Å²) in [6, 6.07) is 5.44. The van der Waals surface area contributed by atoms with Crippen LogP contribution in [0.2, 0.25) is 5.02 Å². The summed E-state index contributed by atoms with van der Waals surface area (Å²) in [7, 11) is 0. The summed E-state index contributed by atoms with van der Waals surface area (Å²) < 4.78 is 0. The van der Waals surface area contributed by atoms with Crippen molar-refractivity contribution in [2.45, 2.75) is 39.3 Å². The number of carbonyl (C=O) groups excluding carboxylic acids is 1. The second kappa shape index (κ2) is 7.48. The van der Waals surface area contributed by atoms with Gasteiger partial charge < -0.3 is 15.7 Å². The number of benzene rings is 1. The number of hydrogen-bond donors (Lipinski definition) is 3. The van der Waals surface area contributed by atoms with Gasteiger partial charge in [0, 0.05) is 29.7 Å². The molecule has 2 unspecified atom stereocenters. The molecule has 0 aliphatic rings. The summed E-state index contributed by atoms with van der Waals surface area (Å²) in [5.74, 6) is -0.0782. The van der Waals surface area contributed by atoms with Crippen molar-refractivity contribution in [3.63, 3.8) is 0 Å². The van der Waals surface area contributed by atoms with Gasteiger partial charge in [0.1, 0.15) is 0 Å². The molecule has 106 valence electrons. The smallest absolute Gasteiger partial charge is 0.225 e. The number of aliphatic hydroxyl groups excluding tert-OH is 1. The summed E-state index contributed by atoms with van der Waals surface area (Å²) in [5, 5.41) is 15.7. The molecule has 0 aliphatic carbocycles. The van der Waals surface area contributed by atoms with E-state index in [-0.39, 0.29) is 11.9 Å². The first-order chi connectivity index (χ1) is 8.88. The van der Waals surface area contributed by atoms with Gasteiger partial charge in [0.25, 0.3) is 0 Å². The van der Waals surface area contributed by atoms with Crippen LogP contribution in [0.1, 0.15) is 25.8 Å². The lowest BCUT2D eigenvalue weighted by Gasteiger charge is -2.15. The van der Waals surface area contributed by atoms with Crippen molar-refractivity contribution in [1.82, 2.24) is 5.32 Å². The lowest BCUT2D eigenvalue weighted by atomic mass is 10.2. The Bertz CT molecular complexity index is 435. The van der Waals surface area contributed by atoms with Crippen LogP contribution in [0.5, 0.6) is 0 Å². The van der Waals surface area contributed by atoms with Crippen LogP contribution in [0.3, 0.4) is 0 Å². The summed E-state index contributed by atoms with van der Waals surface area (Å²) in [6.45, 7) is 6.00. The molecule has 3 N–H and O–H groups in total. The lowest BCUT2D eigenvalue weighted by Crippen LogP contribution is -2.35. The van der Waals surface area contributed by atoms with E-state index >= 15 is 0 Å². The third-order valence-electron chi connectivity index (χ3n) is 2.71. The number of carbonyl (C=O) groups is 1. The maximum Gasteiger partial charge on any atom is 0.225 e. The number of halogens is 1. The van der Waals surface area contributed by atoms with E-state index in [9.17, 15) is 4.79 Å². The highest BCUT2D eigenvalue weighted by atomic mass is 35.5. The molecule has 19 heavy (non-hydrogen) atoms. The molecule has 0 saturated heterocycles. The molecule has 0 saturated carbocycles. The van der Waals surface area contributed by atoms with Crippen molar-refractivity contribution in [3.05, 3.63) is 28.8 Å². The van der Waals surface area contributed by atoms with Gasteiger partial charge in [0.15, 0.2) is 0 Å². The molecule has 1 aromatic carbocycles. The molecule has 5 heteroatoms. The number of hydrogen-bond acceptors (Lipinski definition) is 3. The van der Waals surface area contributed by atoms with Gasteiger partial charge in [-0.2, -0.15) is 0 Å². The third kappa shape index (κ3) is 6.05. The fourth-order valence-corrected chi connectivity index (χ4v) is 1.79. The maximum absolute atomic E-state index is 11.8. The van der Waals surface area contributed by atoms with Crippen molar-refractivity contribution >= 4 is 23.2 Å². The number of anilines is 1. The van der Waals surface area contributed by atoms with E-state index in [2.05, 4.69) is 10.6 Å². The summed E-state index contributed by atoms with van der Waals surface area (Å²) in [4.78, 5) is 11.8. The predicted octanol–water partition coefficient (Wildman–Crippen LogP) is 2.34. The van der Waals surface area contributed by atoms with Crippen LogP contribution in [0.4, 0.5) is 5.69 Å². The predicted molar refractivity (Wildman–Crippen MR) is 78.6 cm³/mol. The third-order valence-corrected chi connectivity index (χ3v) is 3.12. The van der Waals surface area contributed by atoms with Gasteiger partial charge in [0.05, 0.1) is 6.10 Å². The highest BCUT2D eigenvalue weighted by molar-refractivity contribution is 6.31. The largest absolute Gasteiger partial charge is 0.392 e. The van der Waals surface area contributed by atoms with E-state index in [4.69, 9.17) is 16.7 Å². The van der Waals surface area contributed by atoms with Crippen LogP contribution >= 0.6 is 11.6 Å². The first-order valence-corrected chi connectivity index (χ1v) is 6.73. The molecule has 0 radical (unpaired) electrons. The normalized spacial score (nSPS) is 13.9. The van der Waals surface area contributed by atoms with E-state index in [1.807, 2.05) is 26.0 Å². The first kappa shape index (κ1) is 16.0. The van der Waals surface area contributed by atoms with Gasteiger partial charge in [-0.15, -0.1) is 0 Å². The minimum atomic E-state index is -0.415. The van der Waals surface area contributed by atoms with Crippen molar-refractivity contribution in [3.8, 4) is 0 Å². The molecular formula is C14H21ClN2O2. The van der Waals surface area contributed by atoms with Crippen LogP contribution in [0.25, 0.3) is 0 Å². The van der Waals surface area contributed by atoms with Crippen molar-refractivity contribution in [2.75, 3.05) is 11.9 Å². The number of aryl methyl sites for hydroxylation is 1. The van der Waals surface area contributed by atoms with Crippen LogP contribution in [-0.2, 0) is 4.79 Å². The van der Waals surface area contributed by atoms with E-state index in [0.717, 1.165) is 5.56 Å². The Balaban J connectivity index is 2.44. The Morgan fingerprint density at radius 2 is 2.11 bits per heavy atom. The fourth-order valence-electron chi connectivity index (χ4n) is 1.60. The van der Waals surface area contributed by atoms with Gasteiger partial charge in [-0.1, -0.05) is 17.7 Å². The van der Waals surface area contributed by atoms with E-state index in [1.165, 1.54) is 0 Å². The maximum atomic E-state index is 11.8. The Morgan fingerprint density at radius 1 is 1.42 bits per heavy atom.